The van der Waals surface area contributed by atoms with Gasteiger partial charge in [-0.25, -0.2) is 4.39 Å². The van der Waals surface area contributed by atoms with Crippen molar-refractivity contribution in [1.82, 2.24) is 0 Å². The van der Waals surface area contributed by atoms with Gasteiger partial charge in [0.25, 0.3) is 5.66 Å². The lowest BCUT2D eigenvalue weighted by atomic mass is 9.94. The van der Waals surface area contributed by atoms with E-state index in [0.29, 0.717) is 21.0 Å². The highest BCUT2D eigenvalue weighted by molar-refractivity contribution is 9.09. The summed E-state index contributed by atoms with van der Waals surface area (Å²) in [4.78, 5) is 12.1. The van der Waals surface area contributed by atoms with Crippen LogP contribution in [-0.4, -0.2) is 34.0 Å². The number of rotatable bonds is 5. The second-order valence-electron chi connectivity index (χ2n) is 6.08. The maximum absolute atomic E-state index is 14.5. The Bertz CT molecular complexity index is 922. The third-order valence-corrected chi connectivity index (χ3v) is 5.45. The first-order valence-electron chi connectivity index (χ1n) is 8.31. The number of anilines is 1. The molecule has 0 saturated carbocycles. The maximum Gasteiger partial charge on any atom is 0.315 e. The Morgan fingerprint density at radius 2 is 2.07 bits per heavy atom. The standard InChI is InChI=1S/C19H17BrClFN2O3/c1-2-27-17(25)10-19(11-20)23-16-8-7-12(21)9-14(16)18(24(19)26)13-5-3-4-6-15(13)22/h3-9,23H,2,10-11H2,1H3. The minimum atomic E-state index is -1.37. The van der Waals surface area contributed by atoms with Gasteiger partial charge in [0.2, 0.25) is 5.71 Å². The summed E-state index contributed by atoms with van der Waals surface area (Å²) in [5.74, 6) is -1.07. The molecule has 0 radical (unpaired) electrons. The Balaban J connectivity index is 2.25. The van der Waals surface area contributed by atoms with Crippen LogP contribution in [0.15, 0.2) is 42.5 Å². The third kappa shape index (κ3) is 3.66. The number of benzene rings is 2. The number of alkyl halides is 1. The molecule has 142 valence electrons. The molecule has 5 nitrogen and oxygen atoms in total. The average molecular weight is 456 g/mol. The van der Waals surface area contributed by atoms with Crippen LogP contribution in [0.5, 0.6) is 0 Å². The highest BCUT2D eigenvalue weighted by Gasteiger charge is 2.47. The molecule has 1 aliphatic rings. The average Bonchev–Trinajstić information content (AvgIpc) is 2.64. The van der Waals surface area contributed by atoms with Crippen LogP contribution in [-0.2, 0) is 9.53 Å². The number of halogens is 3. The van der Waals surface area contributed by atoms with Crippen molar-refractivity contribution < 1.29 is 18.7 Å². The van der Waals surface area contributed by atoms with Crippen molar-refractivity contribution in [2.45, 2.75) is 19.0 Å². The van der Waals surface area contributed by atoms with Crippen LogP contribution >= 0.6 is 27.5 Å². The summed E-state index contributed by atoms with van der Waals surface area (Å²) in [7, 11) is 0. The minimum Gasteiger partial charge on any atom is -0.622 e. The molecule has 1 N–H and O–H groups in total. The summed E-state index contributed by atoms with van der Waals surface area (Å²) >= 11 is 9.44. The highest BCUT2D eigenvalue weighted by Crippen LogP contribution is 2.35. The van der Waals surface area contributed by atoms with E-state index < -0.39 is 17.4 Å². The number of fused-ring (bicyclic) bond motifs is 1. The van der Waals surface area contributed by atoms with Gasteiger partial charge in [-0.1, -0.05) is 39.7 Å². The van der Waals surface area contributed by atoms with Crippen LogP contribution < -0.4 is 5.32 Å². The molecule has 0 spiro atoms. The Labute approximate surface area is 169 Å². The van der Waals surface area contributed by atoms with E-state index in [1.807, 2.05) is 0 Å². The monoisotopic (exact) mass is 454 g/mol. The number of hydroxylamine groups is 1. The van der Waals surface area contributed by atoms with Crippen molar-refractivity contribution in [1.29, 1.82) is 0 Å². The van der Waals surface area contributed by atoms with Gasteiger partial charge in [0.15, 0.2) is 0 Å². The number of nitrogens with zero attached hydrogens (tertiary/aromatic N) is 1. The van der Waals surface area contributed by atoms with Crippen LogP contribution in [0.25, 0.3) is 0 Å². The van der Waals surface area contributed by atoms with Crippen LogP contribution in [0.2, 0.25) is 5.02 Å². The van der Waals surface area contributed by atoms with E-state index in [-0.39, 0.29) is 29.6 Å². The lowest BCUT2D eigenvalue weighted by Gasteiger charge is -2.37. The fraction of sp³-hybridized carbons (Fsp3) is 0.263. The normalized spacial score (nSPS) is 18.7. The zero-order valence-corrected chi connectivity index (χ0v) is 16.8. The van der Waals surface area contributed by atoms with Crippen LogP contribution in [0, 0.1) is 11.0 Å². The van der Waals surface area contributed by atoms with E-state index in [9.17, 15) is 14.4 Å². The summed E-state index contributed by atoms with van der Waals surface area (Å²) in [6.45, 7) is 1.89. The quantitative estimate of drug-likeness (QED) is 0.316. The number of nitrogens with one attached hydrogen (secondary N) is 1. The fourth-order valence-electron chi connectivity index (χ4n) is 3.06. The molecule has 0 amide bonds. The molecule has 1 aliphatic heterocycles. The van der Waals surface area contributed by atoms with E-state index in [2.05, 4.69) is 21.2 Å². The first kappa shape index (κ1) is 19.6. The van der Waals surface area contributed by atoms with Crippen molar-refractivity contribution in [2.75, 3.05) is 17.3 Å². The molecule has 1 atom stereocenters. The van der Waals surface area contributed by atoms with Crippen molar-refractivity contribution in [3.8, 4) is 0 Å². The topological polar surface area (TPSA) is 64.4 Å². The molecule has 0 aromatic heterocycles. The van der Waals surface area contributed by atoms with Crippen molar-refractivity contribution in [3.05, 3.63) is 69.6 Å². The molecular formula is C19H17BrClFN2O3. The number of hydrogen-bond acceptors (Lipinski definition) is 4. The van der Waals surface area contributed by atoms with Gasteiger partial charge in [0.05, 0.1) is 28.8 Å². The Morgan fingerprint density at radius 1 is 1.33 bits per heavy atom. The van der Waals surface area contributed by atoms with E-state index >= 15 is 0 Å². The Hall–Kier alpha value is -2.12. The molecule has 0 bridgehead atoms. The molecule has 27 heavy (non-hydrogen) atoms. The first-order valence-corrected chi connectivity index (χ1v) is 9.80. The van der Waals surface area contributed by atoms with Crippen molar-refractivity contribution >= 4 is 44.9 Å². The Morgan fingerprint density at radius 3 is 2.74 bits per heavy atom. The lowest BCUT2D eigenvalue weighted by Crippen LogP contribution is -2.55. The second kappa shape index (κ2) is 7.86. The summed E-state index contributed by atoms with van der Waals surface area (Å²) in [6, 6.07) is 11.0. The van der Waals surface area contributed by atoms with Gasteiger partial charge >= 0.3 is 5.97 Å². The molecule has 0 saturated heterocycles. The van der Waals surface area contributed by atoms with Gasteiger partial charge in [0.1, 0.15) is 12.2 Å². The van der Waals surface area contributed by atoms with Gasteiger partial charge in [-0.2, -0.15) is 4.74 Å². The molecule has 1 heterocycles. The number of carbonyl (C=O) groups is 1. The van der Waals surface area contributed by atoms with E-state index in [1.54, 1.807) is 37.3 Å². The molecular weight excluding hydrogens is 439 g/mol. The van der Waals surface area contributed by atoms with Crippen LogP contribution in [0.4, 0.5) is 10.1 Å². The van der Waals surface area contributed by atoms with Crippen molar-refractivity contribution in [3.63, 3.8) is 0 Å². The van der Waals surface area contributed by atoms with E-state index in [4.69, 9.17) is 16.3 Å². The van der Waals surface area contributed by atoms with Crippen LogP contribution in [0.1, 0.15) is 24.5 Å². The smallest absolute Gasteiger partial charge is 0.315 e. The van der Waals surface area contributed by atoms with E-state index in [1.165, 1.54) is 12.1 Å². The van der Waals surface area contributed by atoms with Gasteiger partial charge in [0, 0.05) is 5.02 Å². The van der Waals surface area contributed by atoms with Crippen molar-refractivity contribution in [2.24, 2.45) is 0 Å². The highest BCUT2D eigenvalue weighted by atomic mass is 79.9. The molecule has 2 aromatic rings. The Kier molecular flexibility index (Phi) is 5.72. The zero-order chi connectivity index (χ0) is 19.6. The van der Waals surface area contributed by atoms with Gasteiger partial charge in [-0.3, -0.25) is 4.79 Å². The largest absolute Gasteiger partial charge is 0.622 e. The predicted octanol–water partition coefficient (Wildman–Crippen LogP) is 4.30. The third-order valence-electron chi connectivity index (χ3n) is 4.29. The minimum absolute atomic E-state index is 0.105. The molecule has 8 heteroatoms. The number of ether oxygens (including phenoxy) is 1. The van der Waals surface area contributed by atoms with Crippen LogP contribution in [0.3, 0.4) is 0 Å². The summed E-state index contributed by atoms with van der Waals surface area (Å²) in [6.07, 6.45) is -0.227. The summed E-state index contributed by atoms with van der Waals surface area (Å²) < 4.78 is 20.2. The molecule has 0 fully saturated rings. The van der Waals surface area contributed by atoms with Gasteiger partial charge < -0.3 is 15.3 Å². The zero-order valence-electron chi connectivity index (χ0n) is 14.5. The fourth-order valence-corrected chi connectivity index (χ4v) is 3.79. The van der Waals surface area contributed by atoms with E-state index in [0.717, 1.165) is 0 Å². The molecule has 2 aromatic carbocycles. The van der Waals surface area contributed by atoms with Gasteiger partial charge in [-0.15, -0.1) is 0 Å². The first-order chi connectivity index (χ1) is 12.9. The lowest BCUT2D eigenvalue weighted by molar-refractivity contribution is -0.534. The number of hydrogen-bond donors (Lipinski definition) is 1. The van der Waals surface area contributed by atoms with Gasteiger partial charge in [-0.05, 0) is 37.3 Å². The number of carbonyl (C=O) groups excluding carboxylic acids is 1. The molecule has 1 unspecified atom stereocenters. The molecule has 0 aliphatic carbocycles. The summed E-state index contributed by atoms with van der Waals surface area (Å²) in [5.41, 5.74) is -0.0960. The number of esters is 1. The maximum atomic E-state index is 14.5. The summed E-state index contributed by atoms with van der Waals surface area (Å²) in [5, 5.41) is 17.0. The SMILES string of the molecule is CCOC(=O)CC1(CBr)Nc2ccc(Cl)cc2C(c2ccccc2F)=[N+]1[O-]. The molecule has 3 rings (SSSR count). The predicted molar refractivity (Wildman–Crippen MR) is 106 cm³/mol. The second-order valence-corrected chi connectivity index (χ2v) is 7.08.